The maximum atomic E-state index is 11.0. The van der Waals surface area contributed by atoms with Gasteiger partial charge in [0.05, 0.1) is 6.07 Å². The van der Waals surface area contributed by atoms with Crippen LogP contribution in [0.25, 0.3) is 0 Å². The van der Waals surface area contributed by atoms with E-state index in [4.69, 9.17) is 17.5 Å². The third kappa shape index (κ3) is 2.94. The Morgan fingerprint density at radius 2 is 2.24 bits per heavy atom. The quantitative estimate of drug-likeness (QED) is 0.375. The number of nitriles is 1. The minimum absolute atomic E-state index is 0.174. The molecule has 0 aromatic rings. The fourth-order valence-corrected chi connectivity index (χ4v) is 2.60. The first kappa shape index (κ1) is 11.9. The molecule has 1 saturated carbocycles. The normalized spacial score (nSPS) is 28.5. The Labute approximate surface area is 105 Å². The smallest absolute Gasteiger partial charge is 0.252 e. The summed E-state index contributed by atoms with van der Waals surface area (Å²) in [6.07, 6.45) is 6.60. The van der Waals surface area contributed by atoms with E-state index in [1.807, 2.05) is 0 Å². The lowest BCUT2D eigenvalue weighted by Crippen LogP contribution is -2.50. The highest BCUT2D eigenvalue weighted by molar-refractivity contribution is 7.80. The van der Waals surface area contributed by atoms with Crippen LogP contribution in [0.15, 0.2) is 12.2 Å². The molecule has 0 aromatic carbocycles. The molecular weight excluding hydrogens is 236 g/mol. The van der Waals surface area contributed by atoms with Gasteiger partial charge in [-0.1, -0.05) is 12.2 Å². The number of nitrogens with one attached hydrogen (secondary N) is 3. The molecule has 3 atom stereocenters. The van der Waals surface area contributed by atoms with E-state index >= 15 is 0 Å². The van der Waals surface area contributed by atoms with Crippen LogP contribution in [0.3, 0.4) is 0 Å². The molecule has 1 amide bonds. The molecule has 0 aromatic heterocycles. The Morgan fingerprint density at radius 3 is 2.82 bits per heavy atom. The summed E-state index contributed by atoms with van der Waals surface area (Å²) in [5, 5.41) is 11.9. The van der Waals surface area contributed by atoms with Crippen molar-refractivity contribution < 1.29 is 4.79 Å². The van der Waals surface area contributed by atoms with Gasteiger partial charge in [0.2, 0.25) is 0 Å². The van der Waals surface area contributed by atoms with Gasteiger partial charge < -0.3 is 5.32 Å². The number of nitrogens with zero attached hydrogens (tertiary/aromatic N) is 1. The summed E-state index contributed by atoms with van der Waals surface area (Å²) in [5.41, 5.74) is 4.97. The summed E-state index contributed by atoms with van der Waals surface area (Å²) in [6, 6.07) is 2.12. The van der Waals surface area contributed by atoms with Crippen molar-refractivity contribution in [3.63, 3.8) is 0 Å². The molecule has 0 spiro atoms. The molecule has 1 fully saturated rings. The number of carbonyl (C=O) groups is 1. The zero-order valence-electron chi connectivity index (χ0n) is 9.27. The molecule has 0 aliphatic heterocycles. The molecule has 5 nitrogen and oxygen atoms in total. The van der Waals surface area contributed by atoms with Crippen molar-refractivity contribution >= 4 is 23.2 Å². The molecule has 2 bridgehead atoms. The van der Waals surface area contributed by atoms with Crippen LogP contribution < -0.4 is 16.2 Å². The predicted octanol–water partition coefficient (Wildman–Crippen LogP) is 0.360. The lowest BCUT2D eigenvalue weighted by Gasteiger charge is -2.21. The SMILES string of the molecule is N#CCC(=O)NNC(=S)N[C@@H]1C[C@H]2C=C[C@@H]1C2. The standard InChI is InChI=1S/C11H14N4OS/c12-4-3-10(16)14-15-11(17)13-9-6-7-1-2-8(9)5-7/h1-2,7-9H,3,5-6H2,(H,14,16)(H2,13,15,17)/t7-,8+,9+/m0/s1. The van der Waals surface area contributed by atoms with E-state index in [2.05, 4.69) is 28.3 Å². The van der Waals surface area contributed by atoms with Crippen LogP contribution in [0, 0.1) is 23.2 Å². The van der Waals surface area contributed by atoms with E-state index in [-0.39, 0.29) is 12.3 Å². The predicted molar refractivity (Wildman–Crippen MR) is 66.4 cm³/mol. The van der Waals surface area contributed by atoms with Crippen LogP contribution in [0.4, 0.5) is 0 Å². The lowest BCUT2D eigenvalue weighted by molar-refractivity contribution is -0.120. The van der Waals surface area contributed by atoms with Crippen LogP contribution in [-0.2, 0) is 4.79 Å². The summed E-state index contributed by atoms with van der Waals surface area (Å²) in [7, 11) is 0. The van der Waals surface area contributed by atoms with Gasteiger partial charge in [0.15, 0.2) is 5.11 Å². The number of hydrogen-bond donors (Lipinski definition) is 3. The van der Waals surface area contributed by atoms with Gasteiger partial charge in [-0.15, -0.1) is 0 Å². The third-order valence-corrected chi connectivity index (χ3v) is 3.37. The minimum Gasteiger partial charge on any atom is -0.358 e. The van der Waals surface area contributed by atoms with Crippen molar-refractivity contribution in [2.24, 2.45) is 11.8 Å². The van der Waals surface area contributed by atoms with Gasteiger partial charge in [-0.25, -0.2) is 0 Å². The van der Waals surface area contributed by atoms with E-state index in [0.29, 0.717) is 23.0 Å². The first-order chi connectivity index (χ1) is 8.19. The number of rotatable bonds is 2. The number of fused-ring (bicyclic) bond motifs is 2. The van der Waals surface area contributed by atoms with E-state index in [9.17, 15) is 4.79 Å². The van der Waals surface area contributed by atoms with Crippen molar-refractivity contribution in [3.8, 4) is 6.07 Å². The number of amides is 1. The molecular formula is C11H14N4OS. The highest BCUT2D eigenvalue weighted by Crippen LogP contribution is 2.38. The number of allylic oxidation sites excluding steroid dienone is 1. The Bertz CT molecular complexity index is 401. The Morgan fingerprint density at radius 1 is 1.41 bits per heavy atom. The van der Waals surface area contributed by atoms with Crippen molar-refractivity contribution in [2.45, 2.75) is 25.3 Å². The second-order valence-electron chi connectivity index (χ2n) is 4.37. The zero-order valence-corrected chi connectivity index (χ0v) is 10.1. The fraction of sp³-hybridized carbons (Fsp3) is 0.545. The summed E-state index contributed by atoms with van der Waals surface area (Å²) in [5.74, 6) is 0.840. The molecule has 0 unspecified atom stereocenters. The highest BCUT2D eigenvalue weighted by Gasteiger charge is 2.35. The monoisotopic (exact) mass is 250 g/mol. The third-order valence-electron chi connectivity index (χ3n) is 3.15. The maximum absolute atomic E-state index is 11.0. The van der Waals surface area contributed by atoms with Crippen molar-refractivity contribution in [3.05, 3.63) is 12.2 Å². The Kier molecular flexibility index (Phi) is 3.59. The van der Waals surface area contributed by atoms with Gasteiger partial charge in [-0.2, -0.15) is 5.26 Å². The van der Waals surface area contributed by atoms with Crippen LogP contribution in [0.1, 0.15) is 19.3 Å². The summed E-state index contributed by atoms with van der Waals surface area (Å²) >= 11 is 5.06. The number of hydrazine groups is 1. The van der Waals surface area contributed by atoms with Crippen molar-refractivity contribution in [1.82, 2.24) is 16.2 Å². The van der Waals surface area contributed by atoms with Crippen LogP contribution in [-0.4, -0.2) is 17.1 Å². The van der Waals surface area contributed by atoms with Gasteiger partial charge in [-0.3, -0.25) is 15.6 Å². The second kappa shape index (κ2) is 5.15. The van der Waals surface area contributed by atoms with Gasteiger partial charge >= 0.3 is 0 Å². The van der Waals surface area contributed by atoms with Gasteiger partial charge in [0.1, 0.15) is 6.42 Å². The molecule has 90 valence electrons. The number of hydrogen-bond acceptors (Lipinski definition) is 3. The molecule has 2 aliphatic rings. The summed E-state index contributed by atoms with van der Waals surface area (Å²) in [6.45, 7) is 0. The lowest BCUT2D eigenvalue weighted by atomic mass is 10.0. The van der Waals surface area contributed by atoms with Gasteiger partial charge in [-0.05, 0) is 36.9 Å². The highest BCUT2D eigenvalue weighted by atomic mass is 32.1. The van der Waals surface area contributed by atoms with Crippen LogP contribution in [0.5, 0.6) is 0 Å². The molecule has 3 N–H and O–H groups in total. The van der Waals surface area contributed by atoms with Gasteiger partial charge in [0, 0.05) is 6.04 Å². The second-order valence-corrected chi connectivity index (χ2v) is 4.78. The number of thiocarbonyl (C=S) groups is 1. The molecule has 6 heteroatoms. The Hall–Kier alpha value is -1.61. The average molecular weight is 250 g/mol. The van der Waals surface area contributed by atoms with Crippen molar-refractivity contribution in [1.29, 1.82) is 5.26 Å². The zero-order chi connectivity index (χ0) is 12.3. The molecule has 0 radical (unpaired) electrons. The van der Waals surface area contributed by atoms with E-state index in [0.717, 1.165) is 6.42 Å². The van der Waals surface area contributed by atoms with E-state index in [1.165, 1.54) is 6.42 Å². The van der Waals surface area contributed by atoms with E-state index in [1.54, 1.807) is 6.07 Å². The topological polar surface area (TPSA) is 77.0 Å². The average Bonchev–Trinajstić information content (AvgIpc) is 2.88. The van der Waals surface area contributed by atoms with Crippen LogP contribution >= 0.6 is 12.2 Å². The fourth-order valence-electron chi connectivity index (χ4n) is 2.39. The van der Waals surface area contributed by atoms with Crippen LogP contribution in [0.2, 0.25) is 0 Å². The summed E-state index contributed by atoms with van der Waals surface area (Å²) < 4.78 is 0. The Balaban J connectivity index is 1.70. The first-order valence-electron chi connectivity index (χ1n) is 5.59. The van der Waals surface area contributed by atoms with Crippen molar-refractivity contribution in [2.75, 3.05) is 0 Å². The maximum Gasteiger partial charge on any atom is 0.252 e. The molecule has 2 rings (SSSR count). The summed E-state index contributed by atoms with van der Waals surface area (Å²) in [4.78, 5) is 11.0. The molecule has 2 aliphatic carbocycles. The number of carbonyl (C=O) groups excluding carboxylic acids is 1. The molecule has 0 heterocycles. The first-order valence-corrected chi connectivity index (χ1v) is 6.00. The molecule has 0 saturated heterocycles. The minimum atomic E-state index is -0.385. The molecule has 17 heavy (non-hydrogen) atoms. The van der Waals surface area contributed by atoms with Gasteiger partial charge in [0.25, 0.3) is 5.91 Å². The van der Waals surface area contributed by atoms with E-state index < -0.39 is 0 Å². The largest absolute Gasteiger partial charge is 0.358 e.